The van der Waals surface area contributed by atoms with E-state index in [9.17, 15) is 9.59 Å². The number of rotatable bonds is 1. The predicted molar refractivity (Wildman–Crippen MR) is 55.6 cm³/mol. The number of nitrogens with two attached hydrogens (primary N) is 1. The Kier molecular flexibility index (Phi) is 2.55. The van der Waals surface area contributed by atoms with E-state index in [4.69, 9.17) is 5.73 Å². The molecule has 0 aliphatic carbocycles. The third-order valence-electron chi connectivity index (χ3n) is 2.57. The third kappa shape index (κ3) is 1.92. The molecule has 1 aliphatic heterocycles. The van der Waals surface area contributed by atoms with Crippen LogP contribution in [0.5, 0.6) is 0 Å². The van der Waals surface area contributed by atoms with E-state index in [1.807, 2.05) is 0 Å². The number of H-pyrrole nitrogens is 1. The summed E-state index contributed by atoms with van der Waals surface area (Å²) in [5.41, 5.74) is 5.64. The van der Waals surface area contributed by atoms with Crippen molar-refractivity contribution in [1.29, 1.82) is 0 Å². The van der Waals surface area contributed by atoms with Gasteiger partial charge < -0.3 is 15.6 Å². The van der Waals surface area contributed by atoms with E-state index < -0.39 is 0 Å². The maximum Gasteiger partial charge on any atom is 0.259 e. The van der Waals surface area contributed by atoms with E-state index in [-0.39, 0.29) is 22.9 Å². The molecule has 1 unspecified atom stereocenters. The smallest absolute Gasteiger partial charge is 0.259 e. The van der Waals surface area contributed by atoms with E-state index in [0.29, 0.717) is 13.1 Å². The zero-order valence-electron chi connectivity index (χ0n) is 8.27. The molecule has 15 heavy (non-hydrogen) atoms. The van der Waals surface area contributed by atoms with Gasteiger partial charge in [0, 0.05) is 37.6 Å². The fourth-order valence-electron chi connectivity index (χ4n) is 1.73. The van der Waals surface area contributed by atoms with Gasteiger partial charge in [0.1, 0.15) is 5.56 Å². The van der Waals surface area contributed by atoms with Crippen molar-refractivity contribution in [2.45, 2.75) is 12.5 Å². The number of aromatic amines is 1. The molecule has 5 nitrogen and oxygen atoms in total. The average molecular weight is 207 g/mol. The lowest BCUT2D eigenvalue weighted by molar-refractivity contribution is 0.0789. The number of carbonyl (C=O) groups is 1. The minimum Gasteiger partial charge on any atom is -0.367 e. The van der Waals surface area contributed by atoms with Gasteiger partial charge in [-0.15, -0.1) is 0 Å². The Balaban J connectivity index is 2.22. The molecule has 1 saturated heterocycles. The molecular formula is C10H13N3O2. The molecule has 80 valence electrons. The molecule has 3 N–H and O–H groups in total. The van der Waals surface area contributed by atoms with Crippen molar-refractivity contribution in [1.82, 2.24) is 9.88 Å². The monoisotopic (exact) mass is 207 g/mol. The Labute approximate surface area is 86.9 Å². The SMILES string of the molecule is NC1CCN(C(=O)c2c[nH]ccc2=O)C1. The van der Waals surface area contributed by atoms with Crippen LogP contribution in [0.4, 0.5) is 0 Å². The maximum atomic E-state index is 11.9. The van der Waals surface area contributed by atoms with E-state index in [2.05, 4.69) is 4.98 Å². The second-order valence-electron chi connectivity index (χ2n) is 3.72. The highest BCUT2D eigenvalue weighted by Crippen LogP contribution is 2.09. The van der Waals surface area contributed by atoms with Gasteiger partial charge in [0.15, 0.2) is 5.43 Å². The molecule has 1 aliphatic rings. The lowest BCUT2D eigenvalue weighted by Gasteiger charge is -2.14. The van der Waals surface area contributed by atoms with Gasteiger partial charge in [0.25, 0.3) is 5.91 Å². The molecular weight excluding hydrogens is 194 g/mol. The number of hydrogen-bond donors (Lipinski definition) is 2. The molecule has 0 aromatic carbocycles. The normalized spacial score (nSPS) is 20.6. The van der Waals surface area contributed by atoms with Gasteiger partial charge >= 0.3 is 0 Å². The fraction of sp³-hybridized carbons (Fsp3) is 0.400. The topological polar surface area (TPSA) is 79.2 Å². The van der Waals surface area contributed by atoms with E-state index >= 15 is 0 Å². The van der Waals surface area contributed by atoms with Gasteiger partial charge in [0.05, 0.1) is 0 Å². The molecule has 2 rings (SSSR count). The Morgan fingerprint density at radius 2 is 2.40 bits per heavy atom. The highest BCUT2D eigenvalue weighted by atomic mass is 16.2. The van der Waals surface area contributed by atoms with Crippen molar-refractivity contribution < 1.29 is 4.79 Å². The van der Waals surface area contributed by atoms with Crippen molar-refractivity contribution in [3.05, 3.63) is 34.2 Å². The zero-order chi connectivity index (χ0) is 10.8. The van der Waals surface area contributed by atoms with Crippen LogP contribution < -0.4 is 11.2 Å². The first-order valence-electron chi connectivity index (χ1n) is 4.90. The molecule has 1 fully saturated rings. The Bertz CT molecular complexity index is 427. The number of nitrogens with zero attached hydrogens (tertiary/aromatic N) is 1. The van der Waals surface area contributed by atoms with Gasteiger partial charge in [-0.25, -0.2) is 0 Å². The van der Waals surface area contributed by atoms with Crippen molar-refractivity contribution in [2.75, 3.05) is 13.1 Å². The largest absolute Gasteiger partial charge is 0.367 e. The zero-order valence-corrected chi connectivity index (χ0v) is 8.27. The number of aromatic nitrogens is 1. The predicted octanol–water partition coefficient (Wildman–Crippen LogP) is -0.452. The summed E-state index contributed by atoms with van der Waals surface area (Å²) in [4.78, 5) is 27.6. The number of likely N-dealkylation sites (tertiary alicyclic amines) is 1. The van der Waals surface area contributed by atoms with Crippen molar-refractivity contribution in [3.63, 3.8) is 0 Å². The van der Waals surface area contributed by atoms with Gasteiger partial charge in [-0.2, -0.15) is 0 Å². The molecule has 5 heteroatoms. The van der Waals surface area contributed by atoms with Crippen LogP contribution in [-0.4, -0.2) is 34.9 Å². The molecule has 0 spiro atoms. The minimum atomic E-state index is -0.251. The lowest BCUT2D eigenvalue weighted by Crippen LogP contribution is -2.34. The van der Waals surface area contributed by atoms with Crippen molar-refractivity contribution in [2.24, 2.45) is 5.73 Å². The van der Waals surface area contributed by atoms with Gasteiger partial charge in [-0.3, -0.25) is 9.59 Å². The maximum absolute atomic E-state index is 11.9. The highest BCUT2D eigenvalue weighted by molar-refractivity contribution is 5.94. The first kappa shape index (κ1) is 9.92. The average Bonchev–Trinajstić information content (AvgIpc) is 2.65. The summed E-state index contributed by atoms with van der Waals surface area (Å²) in [5.74, 6) is -0.232. The first-order valence-corrected chi connectivity index (χ1v) is 4.90. The highest BCUT2D eigenvalue weighted by Gasteiger charge is 2.25. The van der Waals surface area contributed by atoms with Crippen LogP contribution in [0.15, 0.2) is 23.3 Å². The van der Waals surface area contributed by atoms with Crippen molar-refractivity contribution in [3.8, 4) is 0 Å². The molecule has 1 atom stereocenters. The number of hydrogen-bond acceptors (Lipinski definition) is 3. The summed E-state index contributed by atoms with van der Waals surface area (Å²) in [6, 6.07) is 1.39. The van der Waals surface area contributed by atoms with Crippen LogP contribution in [-0.2, 0) is 0 Å². The van der Waals surface area contributed by atoms with Crippen LogP contribution in [0, 0.1) is 0 Å². The van der Waals surface area contributed by atoms with Crippen LogP contribution in [0.25, 0.3) is 0 Å². The molecule has 1 amide bonds. The fourth-order valence-corrected chi connectivity index (χ4v) is 1.73. The summed E-state index contributed by atoms with van der Waals surface area (Å²) in [5, 5.41) is 0. The van der Waals surface area contributed by atoms with E-state index in [0.717, 1.165) is 6.42 Å². The molecule has 2 heterocycles. The van der Waals surface area contributed by atoms with E-state index in [1.165, 1.54) is 18.5 Å². The quantitative estimate of drug-likeness (QED) is 0.654. The second-order valence-corrected chi connectivity index (χ2v) is 3.72. The van der Waals surface area contributed by atoms with Gasteiger partial charge in [-0.1, -0.05) is 0 Å². The Morgan fingerprint density at radius 3 is 3.00 bits per heavy atom. The Hall–Kier alpha value is -1.62. The molecule has 0 bridgehead atoms. The number of nitrogens with one attached hydrogen (secondary N) is 1. The summed E-state index contributed by atoms with van der Waals surface area (Å²) in [6.45, 7) is 1.17. The summed E-state index contributed by atoms with van der Waals surface area (Å²) in [6.07, 6.45) is 3.75. The van der Waals surface area contributed by atoms with Crippen molar-refractivity contribution >= 4 is 5.91 Å². The lowest BCUT2D eigenvalue weighted by atomic mass is 10.2. The number of pyridine rings is 1. The van der Waals surface area contributed by atoms with Crippen LogP contribution in [0.1, 0.15) is 16.8 Å². The van der Waals surface area contributed by atoms with Gasteiger partial charge in [0.2, 0.25) is 0 Å². The third-order valence-corrected chi connectivity index (χ3v) is 2.57. The number of amides is 1. The molecule has 1 aromatic rings. The van der Waals surface area contributed by atoms with Crippen LogP contribution in [0.3, 0.4) is 0 Å². The summed E-state index contributed by atoms with van der Waals surface area (Å²) < 4.78 is 0. The van der Waals surface area contributed by atoms with Gasteiger partial charge in [-0.05, 0) is 6.42 Å². The minimum absolute atomic E-state index is 0.0387. The Morgan fingerprint density at radius 1 is 1.60 bits per heavy atom. The molecule has 0 saturated carbocycles. The molecule has 0 radical (unpaired) electrons. The molecule has 1 aromatic heterocycles. The first-order chi connectivity index (χ1) is 7.18. The van der Waals surface area contributed by atoms with Crippen LogP contribution in [0.2, 0.25) is 0 Å². The second kappa shape index (κ2) is 3.86. The number of carbonyl (C=O) groups excluding carboxylic acids is 1. The van der Waals surface area contributed by atoms with Crippen LogP contribution >= 0.6 is 0 Å². The standard InChI is InChI=1S/C10H13N3O2/c11-7-2-4-13(6-7)10(15)8-5-12-3-1-9(8)14/h1,3,5,7H,2,4,6,11H2,(H,12,14). The summed E-state index contributed by atoms with van der Waals surface area (Å²) in [7, 11) is 0. The summed E-state index contributed by atoms with van der Waals surface area (Å²) >= 11 is 0. The van der Waals surface area contributed by atoms with E-state index in [1.54, 1.807) is 4.90 Å².